The second kappa shape index (κ2) is 4.86. The van der Waals surface area contributed by atoms with Crippen molar-refractivity contribution in [1.29, 1.82) is 0 Å². The van der Waals surface area contributed by atoms with Gasteiger partial charge in [0.1, 0.15) is 0 Å². The van der Waals surface area contributed by atoms with Gasteiger partial charge in [-0.1, -0.05) is 54.6 Å². The van der Waals surface area contributed by atoms with Crippen LogP contribution in [0.5, 0.6) is 0 Å². The van der Waals surface area contributed by atoms with Gasteiger partial charge in [0.05, 0.1) is 0 Å². The van der Waals surface area contributed by atoms with Crippen LogP contribution in [0, 0.1) is 0 Å². The molecule has 1 aliphatic rings. The van der Waals surface area contributed by atoms with Crippen LogP contribution in [0.1, 0.15) is 16.7 Å². The molecule has 2 aromatic carbocycles. The van der Waals surface area contributed by atoms with Crippen LogP contribution in [0.25, 0.3) is 8.48 Å². The zero-order valence-corrected chi connectivity index (χ0v) is 12.2. The molecule has 0 spiro atoms. The quantitative estimate of drug-likeness (QED) is 0.638. The van der Waals surface area contributed by atoms with Gasteiger partial charge in [0.2, 0.25) is 0 Å². The molecule has 0 saturated heterocycles. The largest absolute Gasteiger partial charge is 0.120 e. The lowest BCUT2D eigenvalue weighted by molar-refractivity contribution is 1.39. The van der Waals surface area contributed by atoms with E-state index in [4.69, 9.17) is 0 Å². The minimum absolute atomic E-state index is 1.08. The summed E-state index contributed by atoms with van der Waals surface area (Å²) in [4.78, 5) is 1.41. The van der Waals surface area contributed by atoms with Gasteiger partial charge in [-0.3, -0.25) is 0 Å². The molecule has 1 heterocycles. The number of hydrogen-bond acceptors (Lipinski definition) is 1. The Morgan fingerprint density at radius 1 is 0.882 bits per heavy atom. The standard InChI is InChI=1S/C15H11IS/c16-14-13-9-5-4-8-12(13)10-17-15(14)11-6-2-1-3-7-11/h1-9H,10H2. The van der Waals surface area contributed by atoms with Crippen molar-refractivity contribution in [2.45, 2.75) is 5.75 Å². The number of halogens is 1. The average molecular weight is 350 g/mol. The van der Waals surface area contributed by atoms with Crippen LogP contribution in [0.3, 0.4) is 0 Å². The summed E-state index contributed by atoms with van der Waals surface area (Å²) < 4.78 is 1.38. The Bertz CT molecular complexity index is 572. The van der Waals surface area contributed by atoms with Crippen molar-refractivity contribution < 1.29 is 0 Å². The smallest absolute Gasteiger partial charge is 0.0347 e. The van der Waals surface area contributed by atoms with E-state index in [0.29, 0.717) is 0 Å². The summed E-state index contributed by atoms with van der Waals surface area (Å²) in [5, 5.41) is 0. The third-order valence-corrected chi connectivity index (χ3v) is 5.53. The molecule has 0 atom stereocenters. The monoisotopic (exact) mass is 350 g/mol. The van der Waals surface area contributed by atoms with E-state index in [2.05, 4.69) is 77.2 Å². The van der Waals surface area contributed by atoms with Crippen LogP contribution in [-0.4, -0.2) is 0 Å². The Morgan fingerprint density at radius 3 is 2.41 bits per heavy atom. The maximum Gasteiger partial charge on any atom is 0.0347 e. The van der Waals surface area contributed by atoms with E-state index in [1.807, 2.05) is 11.8 Å². The molecular formula is C15H11IS. The van der Waals surface area contributed by atoms with E-state index in [1.165, 1.54) is 25.2 Å². The summed E-state index contributed by atoms with van der Waals surface area (Å²) in [6, 6.07) is 19.3. The fraction of sp³-hybridized carbons (Fsp3) is 0.0667. The Morgan fingerprint density at radius 2 is 1.59 bits per heavy atom. The van der Waals surface area contributed by atoms with Gasteiger partial charge in [0.25, 0.3) is 0 Å². The highest BCUT2D eigenvalue weighted by Gasteiger charge is 2.17. The van der Waals surface area contributed by atoms with Gasteiger partial charge in [-0.05, 0) is 39.3 Å². The van der Waals surface area contributed by atoms with Crippen LogP contribution in [0.4, 0.5) is 0 Å². The van der Waals surface area contributed by atoms with E-state index in [-0.39, 0.29) is 0 Å². The first-order valence-corrected chi connectivity index (χ1v) is 7.59. The number of thioether (sulfide) groups is 1. The summed E-state index contributed by atoms with van der Waals surface area (Å²) in [5.74, 6) is 1.08. The SMILES string of the molecule is IC1=C(c2ccccc2)SCc2ccccc21. The number of fused-ring (bicyclic) bond motifs is 1. The zero-order valence-electron chi connectivity index (χ0n) is 9.19. The maximum atomic E-state index is 2.47. The Balaban J connectivity index is 2.14. The van der Waals surface area contributed by atoms with E-state index < -0.39 is 0 Å². The van der Waals surface area contributed by atoms with Crippen molar-refractivity contribution in [3.63, 3.8) is 0 Å². The normalized spacial score (nSPS) is 14.6. The van der Waals surface area contributed by atoms with Gasteiger partial charge in [-0.25, -0.2) is 0 Å². The third kappa shape index (κ3) is 2.16. The van der Waals surface area contributed by atoms with Crippen LogP contribution >= 0.6 is 34.4 Å². The van der Waals surface area contributed by atoms with Crippen molar-refractivity contribution in [3.05, 3.63) is 71.3 Å². The molecule has 0 nitrogen and oxygen atoms in total. The molecule has 2 heteroatoms. The first kappa shape index (κ1) is 11.4. The first-order chi connectivity index (χ1) is 8.36. The second-order valence-corrected chi connectivity index (χ2v) is 6.02. The van der Waals surface area contributed by atoms with Gasteiger partial charge in [-0.15, -0.1) is 11.8 Å². The predicted octanol–water partition coefficient (Wildman–Crippen LogP) is 5.19. The lowest BCUT2D eigenvalue weighted by atomic mass is 10.1. The molecule has 0 fully saturated rings. The van der Waals surface area contributed by atoms with Crippen LogP contribution in [0.2, 0.25) is 0 Å². The highest BCUT2D eigenvalue weighted by atomic mass is 127. The van der Waals surface area contributed by atoms with Crippen molar-refractivity contribution in [2.24, 2.45) is 0 Å². The maximum absolute atomic E-state index is 2.47. The van der Waals surface area contributed by atoms with Crippen LogP contribution in [-0.2, 0) is 5.75 Å². The highest BCUT2D eigenvalue weighted by Crippen LogP contribution is 2.46. The van der Waals surface area contributed by atoms with Gasteiger partial charge in [0.15, 0.2) is 0 Å². The molecule has 2 aromatic rings. The van der Waals surface area contributed by atoms with E-state index in [0.717, 1.165) is 5.75 Å². The predicted molar refractivity (Wildman–Crippen MR) is 85.0 cm³/mol. The fourth-order valence-corrected chi connectivity index (χ4v) is 4.39. The van der Waals surface area contributed by atoms with Crippen LogP contribution in [0.15, 0.2) is 54.6 Å². The van der Waals surface area contributed by atoms with E-state index >= 15 is 0 Å². The van der Waals surface area contributed by atoms with Crippen molar-refractivity contribution >= 4 is 42.8 Å². The van der Waals surface area contributed by atoms with Crippen LogP contribution < -0.4 is 0 Å². The summed E-state index contributed by atoms with van der Waals surface area (Å²) in [6.45, 7) is 0. The molecular weight excluding hydrogens is 339 g/mol. The summed E-state index contributed by atoms with van der Waals surface area (Å²) in [5.41, 5.74) is 4.17. The van der Waals surface area contributed by atoms with Gasteiger partial charge < -0.3 is 0 Å². The molecule has 0 amide bonds. The molecule has 0 N–H and O–H groups in total. The molecule has 3 rings (SSSR count). The van der Waals surface area contributed by atoms with Gasteiger partial charge in [-0.2, -0.15) is 0 Å². The lowest BCUT2D eigenvalue weighted by Gasteiger charge is -2.19. The fourth-order valence-electron chi connectivity index (χ4n) is 2.00. The Labute approximate surface area is 119 Å². The molecule has 0 unspecified atom stereocenters. The number of hydrogen-bond donors (Lipinski definition) is 0. The summed E-state index contributed by atoms with van der Waals surface area (Å²) in [6.07, 6.45) is 0. The molecule has 84 valence electrons. The third-order valence-electron chi connectivity index (χ3n) is 2.86. The minimum Gasteiger partial charge on any atom is -0.120 e. The molecule has 0 aromatic heterocycles. The van der Waals surface area contributed by atoms with Crippen molar-refractivity contribution in [2.75, 3.05) is 0 Å². The Kier molecular flexibility index (Phi) is 3.25. The highest BCUT2D eigenvalue weighted by molar-refractivity contribution is 14.1. The topological polar surface area (TPSA) is 0 Å². The lowest BCUT2D eigenvalue weighted by Crippen LogP contribution is -1.96. The molecule has 0 saturated carbocycles. The van der Waals surface area contributed by atoms with Crippen molar-refractivity contribution in [3.8, 4) is 0 Å². The molecule has 17 heavy (non-hydrogen) atoms. The van der Waals surface area contributed by atoms with Gasteiger partial charge >= 0.3 is 0 Å². The van der Waals surface area contributed by atoms with Crippen molar-refractivity contribution in [1.82, 2.24) is 0 Å². The molecule has 0 aliphatic carbocycles. The number of rotatable bonds is 1. The van der Waals surface area contributed by atoms with E-state index in [9.17, 15) is 0 Å². The summed E-state index contributed by atoms with van der Waals surface area (Å²) in [7, 11) is 0. The first-order valence-electron chi connectivity index (χ1n) is 5.52. The average Bonchev–Trinajstić information content (AvgIpc) is 2.40. The van der Waals surface area contributed by atoms with E-state index in [1.54, 1.807) is 0 Å². The second-order valence-electron chi connectivity index (χ2n) is 3.95. The number of benzene rings is 2. The Hall–Kier alpha value is -0.740. The molecule has 1 aliphatic heterocycles. The molecule has 0 bridgehead atoms. The summed E-state index contributed by atoms with van der Waals surface area (Å²) >= 11 is 4.41. The minimum atomic E-state index is 1.08. The molecule has 0 radical (unpaired) electrons. The van der Waals surface area contributed by atoms with Gasteiger partial charge in [0, 0.05) is 14.2 Å². The zero-order chi connectivity index (χ0) is 11.7.